The zero-order valence-corrected chi connectivity index (χ0v) is 14.6. The van der Waals surface area contributed by atoms with Gasteiger partial charge in [-0.05, 0) is 59.3 Å². The van der Waals surface area contributed by atoms with Crippen LogP contribution in [0.1, 0.15) is 43.9 Å². The van der Waals surface area contributed by atoms with E-state index in [1.54, 1.807) is 0 Å². The second-order valence-corrected chi connectivity index (χ2v) is 7.23. The highest BCUT2D eigenvalue weighted by molar-refractivity contribution is 14.1. The molecule has 1 aliphatic rings. The standard InChI is InChI=1S/C17H20IN3/c1-10(2)9-14-15(18)16(19)21-17(20-14)13-6-4-3-5-12(13)11-7-8-11/h3-6,10-11H,7-9H2,1-2H3,(H2,19,20,21). The molecule has 1 fully saturated rings. The van der Waals surface area contributed by atoms with Crippen molar-refractivity contribution >= 4 is 28.4 Å². The minimum Gasteiger partial charge on any atom is -0.383 e. The number of benzene rings is 1. The third-order valence-corrected chi connectivity index (χ3v) is 4.94. The van der Waals surface area contributed by atoms with E-state index in [0.717, 1.165) is 27.1 Å². The Kier molecular flexibility index (Phi) is 4.15. The lowest BCUT2D eigenvalue weighted by molar-refractivity contribution is 0.632. The van der Waals surface area contributed by atoms with E-state index in [1.807, 2.05) is 0 Å². The van der Waals surface area contributed by atoms with Gasteiger partial charge in [-0.25, -0.2) is 9.97 Å². The first-order valence-electron chi connectivity index (χ1n) is 7.47. The summed E-state index contributed by atoms with van der Waals surface area (Å²) in [5, 5.41) is 0. The first-order valence-corrected chi connectivity index (χ1v) is 8.55. The van der Waals surface area contributed by atoms with Crippen molar-refractivity contribution in [2.75, 3.05) is 5.73 Å². The maximum absolute atomic E-state index is 6.12. The lowest BCUT2D eigenvalue weighted by Gasteiger charge is -2.13. The first kappa shape index (κ1) is 14.8. The molecule has 1 aromatic carbocycles. The Hall–Kier alpha value is -1.17. The molecule has 2 aromatic rings. The average Bonchev–Trinajstić information content (AvgIpc) is 3.27. The summed E-state index contributed by atoms with van der Waals surface area (Å²) in [6, 6.07) is 8.48. The van der Waals surface area contributed by atoms with E-state index >= 15 is 0 Å². The van der Waals surface area contributed by atoms with Crippen molar-refractivity contribution in [2.24, 2.45) is 5.92 Å². The van der Waals surface area contributed by atoms with Crippen molar-refractivity contribution in [1.29, 1.82) is 0 Å². The Labute approximate surface area is 139 Å². The van der Waals surface area contributed by atoms with E-state index < -0.39 is 0 Å². The lowest BCUT2D eigenvalue weighted by Crippen LogP contribution is -2.08. The second-order valence-electron chi connectivity index (χ2n) is 6.15. The normalized spacial score (nSPS) is 14.7. The van der Waals surface area contributed by atoms with Gasteiger partial charge in [0.05, 0.1) is 9.26 Å². The molecule has 1 saturated carbocycles. The van der Waals surface area contributed by atoms with Gasteiger partial charge in [0.2, 0.25) is 0 Å². The van der Waals surface area contributed by atoms with E-state index in [1.165, 1.54) is 18.4 Å². The van der Waals surface area contributed by atoms with E-state index in [9.17, 15) is 0 Å². The van der Waals surface area contributed by atoms with Gasteiger partial charge in [0.15, 0.2) is 5.82 Å². The number of halogens is 1. The van der Waals surface area contributed by atoms with Gasteiger partial charge in [-0.3, -0.25) is 0 Å². The maximum atomic E-state index is 6.12. The number of rotatable bonds is 4. The first-order chi connectivity index (χ1) is 10.1. The predicted octanol–water partition coefficient (Wildman–Crippen LogP) is 4.41. The minimum atomic E-state index is 0.555. The number of aromatic nitrogens is 2. The summed E-state index contributed by atoms with van der Waals surface area (Å²) in [7, 11) is 0. The van der Waals surface area contributed by atoms with Crippen molar-refractivity contribution in [1.82, 2.24) is 9.97 Å². The van der Waals surface area contributed by atoms with Crippen LogP contribution in [0, 0.1) is 9.49 Å². The van der Waals surface area contributed by atoms with E-state index in [4.69, 9.17) is 10.7 Å². The SMILES string of the molecule is CC(C)Cc1nc(-c2ccccc2C2CC2)nc(N)c1I. The molecular formula is C17H20IN3. The molecule has 0 amide bonds. The number of nitrogen functional groups attached to an aromatic ring is 1. The van der Waals surface area contributed by atoms with Crippen LogP contribution in [0.3, 0.4) is 0 Å². The molecule has 3 rings (SSSR count). The van der Waals surface area contributed by atoms with Crippen LogP contribution >= 0.6 is 22.6 Å². The summed E-state index contributed by atoms with van der Waals surface area (Å²) in [6.07, 6.45) is 3.48. The fourth-order valence-electron chi connectivity index (χ4n) is 2.61. The van der Waals surface area contributed by atoms with Crippen LogP contribution in [-0.2, 0) is 6.42 Å². The second kappa shape index (κ2) is 5.91. The quantitative estimate of drug-likeness (QED) is 0.784. The van der Waals surface area contributed by atoms with Crippen LogP contribution in [0.4, 0.5) is 5.82 Å². The Morgan fingerprint density at radius 3 is 2.62 bits per heavy atom. The van der Waals surface area contributed by atoms with Gasteiger partial charge in [-0.2, -0.15) is 0 Å². The van der Waals surface area contributed by atoms with Crippen LogP contribution in [0.2, 0.25) is 0 Å². The van der Waals surface area contributed by atoms with Crippen molar-refractivity contribution in [2.45, 2.75) is 39.0 Å². The summed E-state index contributed by atoms with van der Waals surface area (Å²) in [4.78, 5) is 9.36. The highest BCUT2D eigenvalue weighted by Crippen LogP contribution is 2.43. The summed E-state index contributed by atoms with van der Waals surface area (Å²) >= 11 is 2.26. The molecule has 0 bridgehead atoms. The molecule has 1 heterocycles. The van der Waals surface area contributed by atoms with Crippen LogP contribution in [-0.4, -0.2) is 9.97 Å². The van der Waals surface area contributed by atoms with Crippen molar-refractivity contribution in [3.8, 4) is 11.4 Å². The number of hydrogen-bond donors (Lipinski definition) is 1. The van der Waals surface area contributed by atoms with Crippen LogP contribution in [0.25, 0.3) is 11.4 Å². The van der Waals surface area contributed by atoms with Crippen LogP contribution < -0.4 is 5.73 Å². The molecule has 0 saturated heterocycles. The third-order valence-electron chi connectivity index (χ3n) is 3.77. The molecule has 2 N–H and O–H groups in total. The fraction of sp³-hybridized carbons (Fsp3) is 0.412. The molecule has 0 atom stereocenters. The molecule has 0 unspecified atom stereocenters. The zero-order valence-electron chi connectivity index (χ0n) is 12.4. The smallest absolute Gasteiger partial charge is 0.162 e. The molecule has 1 aliphatic carbocycles. The summed E-state index contributed by atoms with van der Waals surface area (Å²) < 4.78 is 0.994. The van der Waals surface area contributed by atoms with Gasteiger partial charge in [0, 0.05) is 5.56 Å². The van der Waals surface area contributed by atoms with Gasteiger partial charge in [0.25, 0.3) is 0 Å². The molecule has 3 nitrogen and oxygen atoms in total. The van der Waals surface area contributed by atoms with Gasteiger partial charge in [-0.1, -0.05) is 38.1 Å². The lowest BCUT2D eigenvalue weighted by atomic mass is 10.0. The summed E-state index contributed by atoms with van der Waals surface area (Å²) in [6.45, 7) is 4.40. The van der Waals surface area contributed by atoms with E-state index in [-0.39, 0.29) is 0 Å². The Bertz CT molecular complexity index is 663. The number of anilines is 1. The van der Waals surface area contributed by atoms with Crippen molar-refractivity contribution < 1.29 is 0 Å². The molecular weight excluding hydrogens is 373 g/mol. The Morgan fingerprint density at radius 1 is 1.24 bits per heavy atom. The summed E-state index contributed by atoms with van der Waals surface area (Å²) in [5.74, 6) is 2.62. The van der Waals surface area contributed by atoms with E-state index in [0.29, 0.717) is 17.7 Å². The van der Waals surface area contributed by atoms with Gasteiger partial charge < -0.3 is 5.73 Å². The molecule has 0 aliphatic heterocycles. The van der Waals surface area contributed by atoms with Gasteiger partial charge >= 0.3 is 0 Å². The molecule has 0 spiro atoms. The average molecular weight is 393 g/mol. The van der Waals surface area contributed by atoms with Gasteiger partial charge in [-0.15, -0.1) is 0 Å². The topological polar surface area (TPSA) is 51.8 Å². The Balaban J connectivity index is 2.08. The van der Waals surface area contributed by atoms with Gasteiger partial charge in [0.1, 0.15) is 5.82 Å². The van der Waals surface area contributed by atoms with Crippen molar-refractivity contribution in [3.05, 3.63) is 39.1 Å². The van der Waals surface area contributed by atoms with Crippen molar-refractivity contribution in [3.63, 3.8) is 0 Å². The Morgan fingerprint density at radius 2 is 1.95 bits per heavy atom. The molecule has 21 heavy (non-hydrogen) atoms. The highest BCUT2D eigenvalue weighted by atomic mass is 127. The molecule has 110 valence electrons. The minimum absolute atomic E-state index is 0.555. The highest BCUT2D eigenvalue weighted by Gasteiger charge is 2.27. The van der Waals surface area contributed by atoms with E-state index in [2.05, 4.69) is 65.7 Å². The molecule has 4 heteroatoms. The number of nitrogens with zero attached hydrogens (tertiary/aromatic N) is 2. The fourth-order valence-corrected chi connectivity index (χ4v) is 3.07. The number of hydrogen-bond acceptors (Lipinski definition) is 3. The number of nitrogens with two attached hydrogens (primary N) is 1. The molecule has 1 aromatic heterocycles. The third kappa shape index (κ3) is 3.20. The van der Waals surface area contributed by atoms with Crippen LogP contribution in [0.5, 0.6) is 0 Å². The zero-order chi connectivity index (χ0) is 15.0. The molecule has 0 radical (unpaired) electrons. The maximum Gasteiger partial charge on any atom is 0.162 e. The monoisotopic (exact) mass is 393 g/mol. The predicted molar refractivity (Wildman–Crippen MR) is 95.1 cm³/mol. The van der Waals surface area contributed by atoms with Crippen LogP contribution in [0.15, 0.2) is 24.3 Å². The summed E-state index contributed by atoms with van der Waals surface area (Å²) in [5.41, 5.74) is 9.70. The largest absolute Gasteiger partial charge is 0.383 e.